The van der Waals surface area contributed by atoms with E-state index in [1.165, 1.54) is 10.6 Å². The molecule has 10 heteroatoms. The number of aliphatic hydroxyl groups excluding tert-OH is 1. The van der Waals surface area contributed by atoms with Crippen LogP contribution in [0.4, 0.5) is 10.3 Å². The first-order valence-electron chi connectivity index (χ1n) is 10.1. The second kappa shape index (κ2) is 9.95. The smallest absolute Gasteiger partial charge is 0.251 e. The standard InChI is InChI=1S/C22H21Cl2FN4O3/c23-15-2-1-14(9-16(15)24)20(11-30)29-7-4-13(10-21(29)31)18-3-6-26-22(27-18)28-19-5-8-32-12-17(19)25/h1-4,6-7,9-10,17,19-20,30H,5,8,11-12H2,(H,26,27,28)/t17-,19-,20-/m1/s1. The molecule has 1 aromatic carbocycles. The number of nitrogens with zero attached hydrogens (tertiary/aromatic N) is 3. The molecule has 0 bridgehead atoms. The van der Waals surface area contributed by atoms with Crippen molar-refractivity contribution in [3.63, 3.8) is 0 Å². The minimum absolute atomic E-state index is 0.0421. The monoisotopic (exact) mass is 478 g/mol. The van der Waals surface area contributed by atoms with Gasteiger partial charge in [-0.1, -0.05) is 29.3 Å². The topological polar surface area (TPSA) is 89.3 Å². The van der Waals surface area contributed by atoms with E-state index in [2.05, 4.69) is 15.3 Å². The SMILES string of the molecule is O=c1cc(-c2ccnc(N[C@@H]3CCOC[C@H]3F)n2)ccn1[C@H](CO)c1ccc(Cl)c(Cl)c1. The van der Waals surface area contributed by atoms with Gasteiger partial charge in [-0.3, -0.25) is 4.79 Å². The molecule has 7 nitrogen and oxygen atoms in total. The zero-order valence-electron chi connectivity index (χ0n) is 16.9. The van der Waals surface area contributed by atoms with Gasteiger partial charge in [0.25, 0.3) is 5.56 Å². The second-order valence-corrected chi connectivity index (χ2v) is 8.24. The van der Waals surface area contributed by atoms with Gasteiger partial charge in [0, 0.05) is 30.6 Å². The lowest BCUT2D eigenvalue weighted by molar-refractivity contribution is 0.0284. The molecule has 0 spiro atoms. The van der Waals surface area contributed by atoms with Crippen LogP contribution < -0.4 is 10.9 Å². The molecule has 0 amide bonds. The van der Waals surface area contributed by atoms with Crippen LogP contribution >= 0.6 is 23.2 Å². The van der Waals surface area contributed by atoms with Crippen molar-refractivity contribution in [3.8, 4) is 11.3 Å². The number of hydrogen-bond donors (Lipinski definition) is 2. The molecule has 0 aliphatic carbocycles. The first kappa shape index (κ1) is 22.7. The first-order valence-corrected chi connectivity index (χ1v) is 10.8. The van der Waals surface area contributed by atoms with Gasteiger partial charge in [-0.15, -0.1) is 0 Å². The first-order chi connectivity index (χ1) is 15.5. The molecule has 3 heterocycles. The predicted molar refractivity (Wildman–Crippen MR) is 121 cm³/mol. The van der Waals surface area contributed by atoms with Gasteiger partial charge in [0.15, 0.2) is 0 Å². The van der Waals surface area contributed by atoms with Gasteiger partial charge in [-0.25, -0.2) is 14.4 Å². The number of benzene rings is 1. The highest BCUT2D eigenvalue weighted by molar-refractivity contribution is 6.42. The molecule has 3 aromatic rings. The normalized spacial score (nSPS) is 19.5. The van der Waals surface area contributed by atoms with Crippen LogP contribution in [0.25, 0.3) is 11.3 Å². The van der Waals surface area contributed by atoms with Gasteiger partial charge in [0.1, 0.15) is 6.17 Å². The van der Waals surface area contributed by atoms with Gasteiger partial charge in [-0.2, -0.15) is 0 Å². The maximum atomic E-state index is 14.0. The summed E-state index contributed by atoms with van der Waals surface area (Å²) in [6, 6.07) is 8.74. The summed E-state index contributed by atoms with van der Waals surface area (Å²) in [5.41, 5.74) is 1.42. The van der Waals surface area contributed by atoms with Crippen molar-refractivity contribution in [2.75, 3.05) is 25.1 Å². The van der Waals surface area contributed by atoms with Crippen molar-refractivity contribution in [3.05, 3.63) is 74.8 Å². The molecule has 0 unspecified atom stereocenters. The number of halogens is 3. The molecule has 0 saturated carbocycles. The fourth-order valence-electron chi connectivity index (χ4n) is 3.60. The highest BCUT2D eigenvalue weighted by Crippen LogP contribution is 2.27. The molecule has 1 aliphatic rings. The lowest BCUT2D eigenvalue weighted by atomic mass is 10.1. The molecule has 1 fully saturated rings. The summed E-state index contributed by atoms with van der Waals surface area (Å²) in [7, 11) is 0. The minimum Gasteiger partial charge on any atom is -0.394 e. The number of hydrogen-bond acceptors (Lipinski definition) is 6. The number of rotatable bonds is 6. The third kappa shape index (κ3) is 4.94. The third-order valence-electron chi connectivity index (χ3n) is 5.34. The van der Waals surface area contributed by atoms with Crippen LogP contribution in [0.3, 0.4) is 0 Å². The number of aromatic nitrogens is 3. The Labute approximate surface area is 193 Å². The Morgan fingerprint density at radius 2 is 2.09 bits per heavy atom. The summed E-state index contributed by atoms with van der Waals surface area (Å²) in [6.45, 7) is 0.218. The maximum absolute atomic E-state index is 14.0. The maximum Gasteiger partial charge on any atom is 0.251 e. The van der Waals surface area contributed by atoms with E-state index in [0.29, 0.717) is 39.9 Å². The zero-order valence-corrected chi connectivity index (χ0v) is 18.4. The summed E-state index contributed by atoms with van der Waals surface area (Å²) >= 11 is 12.1. The summed E-state index contributed by atoms with van der Waals surface area (Å²) in [6.07, 6.45) is 2.51. The fourth-order valence-corrected chi connectivity index (χ4v) is 3.91. The number of aliphatic hydroxyl groups is 1. The Bertz CT molecular complexity index is 1160. The van der Waals surface area contributed by atoms with Crippen molar-refractivity contribution in [2.24, 2.45) is 0 Å². The van der Waals surface area contributed by atoms with Crippen molar-refractivity contribution < 1.29 is 14.2 Å². The van der Waals surface area contributed by atoms with Crippen LogP contribution in [-0.4, -0.2) is 51.7 Å². The summed E-state index contributed by atoms with van der Waals surface area (Å²) < 4.78 is 20.6. The van der Waals surface area contributed by atoms with Crippen molar-refractivity contribution in [1.29, 1.82) is 0 Å². The van der Waals surface area contributed by atoms with Crippen LogP contribution in [0.15, 0.2) is 53.6 Å². The quantitative estimate of drug-likeness (QED) is 0.560. The van der Waals surface area contributed by atoms with Crippen molar-refractivity contribution in [1.82, 2.24) is 14.5 Å². The van der Waals surface area contributed by atoms with E-state index < -0.39 is 18.3 Å². The Hall–Kier alpha value is -2.52. The number of alkyl halides is 1. The van der Waals surface area contributed by atoms with Gasteiger partial charge >= 0.3 is 0 Å². The van der Waals surface area contributed by atoms with Crippen LogP contribution in [-0.2, 0) is 4.74 Å². The van der Waals surface area contributed by atoms with Gasteiger partial charge in [0.2, 0.25) is 5.95 Å². The zero-order chi connectivity index (χ0) is 22.7. The van der Waals surface area contributed by atoms with Crippen molar-refractivity contribution in [2.45, 2.75) is 24.7 Å². The highest BCUT2D eigenvalue weighted by Gasteiger charge is 2.26. The van der Waals surface area contributed by atoms with Crippen molar-refractivity contribution >= 4 is 29.2 Å². The summed E-state index contributed by atoms with van der Waals surface area (Å²) in [5, 5.41) is 13.7. The Balaban J connectivity index is 1.59. The average molecular weight is 479 g/mol. The van der Waals surface area contributed by atoms with Gasteiger partial charge in [0.05, 0.1) is 41.0 Å². The number of pyridine rings is 1. The molecule has 2 aromatic heterocycles. The number of ether oxygens (including phenoxy) is 1. The van der Waals surface area contributed by atoms with E-state index in [9.17, 15) is 14.3 Å². The van der Waals surface area contributed by atoms with Crippen LogP contribution in [0, 0.1) is 0 Å². The van der Waals surface area contributed by atoms with Gasteiger partial charge in [-0.05, 0) is 36.2 Å². The molecule has 32 heavy (non-hydrogen) atoms. The van der Waals surface area contributed by atoms with E-state index in [1.54, 1.807) is 42.7 Å². The van der Waals surface area contributed by atoms with E-state index >= 15 is 0 Å². The highest BCUT2D eigenvalue weighted by atomic mass is 35.5. The van der Waals surface area contributed by atoms with E-state index in [-0.39, 0.29) is 24.7 Å². The second-order valence-electron chi connectivity index (χ2n) is 7.43. The number of anilines is 1. The minimum atomic E-state index is -1.14. The average Bonchev–Trinajstić information content (AvgIpc) is 2.79. The summed E-state index contributed by atoms with van der Waals surface area (Å²) in [5.74, 6) is 0.283. The van der Waals surface area contributed by atoms with E-state index in [1.807, 2.05) is 0 Å². The van der Waals surface area contributed by atoms with Crippen LogP contribution in [0.2, 0.25) is 10.0 Å². The Morgan fingerprint density at radius 3 is 2.81 bits per heavy atom. The lowest BCUT2D eigenvalue weighted by Crippen LogP contribution is -2.39. The van der Waals surface area contributed by atoms with Crippen LogP contribution in [0.1, 0.15) is 18.0 Å². The third-order valence-corrected chi connectivity index (χ3v) is 6.08. The molecule has 1 saturated heterocycles. The largest absolute Gasteiger partial charge is 0.394 e. The lowest BCUT2D eigenvalue weighted by Gasteiger charge is -2.26. The van der Waals surface area contributed by atoms with E-state index in [0.717, 1.165) is 0 Å². The fraction of sp³-hybridized carbons (Fsp3) is 0.318. The molecule has 1 aliphatic heterocycles. The molecule has 4 rings (SSSR count). The molecule has 168 valence electrons. The molecular formula is C22H21Cl2FN4O3. The predicted octanol–water partition coefficient (Wildman–Crippen LogP) is 3.73. The summed E-state index contributed by atoms with van der Waals surface area (Å²) in [4.78, 5) is 21.4. The molecular weight excluding hydrogens is 458 g/mol. The molecule has 3 atom stereocenters. The van der Waals surface area contributed by atoms with Crippen LogP contribution in [0.5, 0.6) is 0 Å². The van der Waals surface area contributed by atoms with E-state index in [4.69, 9.17) is 27.9 Å². The molecule has 2 N–H and O–H groups in total. The number of nitrogens with one attached hydrogen (secondary N) is 1. The molecule has 0 radical (unpaired) electrons. The Morgan fingerprint density at radius 1 is 1.25 bits per heavy atom. The van der Waals surface area contributed by atoms with Gasteiger partial charge < -0.3 is 19.7 Å². The Kier molecular flexibility index (Phi) is 7.05.